The molecule has 0 spiro atoms. The van der Waals surface area contributed by atoms with Crippen molar-refractivity contribution in [3.63, 3.8) is 0 Å². The monoisotopic (exact) mass is 255 g/mol. The van der Waals surface area contributed by atoms with E-state index in [0.29, 0.717) is 24.3 Å². The van der Waals surface area contributed by atoms with Crippen molar-refractivity contribution in [2.24, 2.45) is 5.73 Å². The van der Waals surface area contributed by atoms with Gasteiger partial charge in [0.05, 0.1) is 5.56 Å². The van der Waals surface area contributed by atoms with Crippen LogP contribution >= 0.6 is 0 Å². The largest absolute Gasteiger partial charge is 0.417 e. The van der Waals surface area contributed by atoms with Crippen molar-refractivity contribution >= 4 is 16.6 Å². The molecule has 6 heteroatoms. The van der Waals surface area contributed by atoms with Gasteiger partial charge in [-0.25, -0.2) is 4.98 Å². The van der Waals surface area contributed by atoms with E-state index in [-0.39, 0.29) is 5.39 Å². The number of hydrogen-bond acceptors (Lipinski definition) is 3. The fourth-order valence-electron chi connectivity index (χ4n) is 1.79. The molecule has 2 aromatic rings. The molecule has 0 saturated carbocycles. The summed E-state index contributed by atoms with van der Waals surface area (Å²) in [5.41, 5.74) is 4.69. The maximum absolute atomic E-state index is 12.8. The lowest BCUT2D eigenvalue weighted by atomic mass is 10.1. The van der Waals surface area contributed by atoms with E-state index in [2.05, 4.69) is 10.3 Å². The van der Waals surface area contributed by atoms with Gasteiger partial charge < -0.3 is 11.1 Å². The van der Waals surface area contributed by atoms with E-state index < -0.39 is 11.7 Å². The summed E-state index contributed by atoms with van der Waals surface area (Å²) in [7, 11) is 0. The number of benzene rings is 1. The van der Waals surface area contributed by atoms with E-state index in [1.165, 1.54) is 18.3 Å². The van der Waals surface area contributed by atoms with Gasteiger partial charge in [0.1, 0.15) is 5.82 Å². The molecule has 1 aromatic carbocycles. The van der Waals surface area contributed by atoms with Crippen LogP contribution in [0, 0.1) is 0 Å². The first kappa shape index (κ1) is 12.6. The van der Waals surface area contributed by atoms with Crippen LogP contribution in [0.15, 0.2) is 30.5 Å². The molecule has 2 rings (SSSR count). The van der Waals surface area contributed by atoms with E-state index >= 15 is 0 Å². The molecule has 18 heavy (non-hydrogen) atoms. The van der Waals surface area contributed by atoms with Crippen LogP contribution in [0.2, 0.25) is 0 Å². The third-order valence-corrected chi connectivity index (χ3v) is 2.55. The molecule has 0 fully saturated rings. The van der Waals surface area contributed by atoms with Gasteiger partial charge in [-0.05, 0) is 17.5 Å². The summed E-state index contributed by atoms with van der Waals surface area (Å²) in [5.74, 6) is 0.420. The maximum Gasteiger partial charge on any atom is 0.417 e. The van der Waals surface area contributed by atoms with Crippen LogP contribution < -0.4 is 11.1 Å². The van der Waals surface area contributed by atoms with Crippen molar-refractivity contribution in [1.29, 1.82) is 0 Å². The van der Waals surface area contributed by atoms with Crippen molar-refractivity contribution in [3.05, 3.63) is 36.0 Å². The first-order chi connectivity index (χ1) is 8.54. The Labute approximate surface area is 102 Å². The number of nitrogens with two attached hydrogens (primary N) is 1. The Morgan fingerprint density at radius 2 is 1.94 bits per heavy atom. The van der Waals surface area contributed by atoms with Crippen molar-refractivity contribution in [2.75, 3.05) is 18.4 Å². The number of aromatic nitrogens is 1. The molecule has 0 amide bonds. The summed E-state index contributed by atoms with van der Waals surface area (Å²) in [6.45, 7) is 0.847. The van der Waals surface area contributed by atoms with Crippen molar-refractivity contribution in [3.8, 4) is 0 Å². The Balaban J connectivity index is 2.58. The maximum atomic E-state index is 12.8. The minimum atomic E-state index is -4.37. The Morgan fingerprint density at radius 3 is 2.61 bits per heavy atom. The third-order valence-electron chi connectivity index (χ3n) is 2.55. The number of alkyl halides is 3. The highest BCUT2D eigenvalue weighted by Crippen LogP contribution is 2.35. The van der Waals surface area contributed by atoms with Crippen LogP contribution in [0.3, 0.4) is 0 Å². The molecule has 0 radical (unpaired) electrons. The highest BCUT2D eigenvalue weighted by molar-refractivity contribution is 5.94. The van der Waals surface area contributed by atoms with Crippen LogP contribution in [-0.4, -0.2) is 18.1 Å². The van der Waals surface area contributed by atoms with Crippen molar-refractivity contribution in [1.82, 2.24) is 4.98 Å². The number of pyridine rings is 1. The molecule has 0 unspecified atom stereocenters. The summed E-state index contributed by atoms with van der Waals surface area (Å²) in [6.07, 6.45) is -3.01. The Kier molecular flexibility index (Phi) is 3.38. The molecular formula is C12H12F3N3. The molecule has 1 heterocycles. The van der Waals surface area contributed by atoms with Crippen LogP contribution in [0.4, 0.5) is 19.0 Å². The molecule has 0 aliphatic carbocycles. The van der Waals surface area contributed by atoms with Crippen LogP contribution in [0.25, 0.3) is 10.8 Å². The molecule has 96 valence electrons. The summed E-state index contributed by atoms with van der Waals surface area (Å²) in [5, 5.41) is 3.50. The molecule has 0 aliphatic rings. The van der Waals surface area contributed by atoms with Gasteiger partial charge >= 0.3 is 6.18 Å². The zero-order valence-electron chi connectivity index (χ0n) is 9.46. The lowest BCUT2D eigenvalue weighted by Gasteiger charge is -2.12. The van der Waals surface area contributed by atoms with Gasteiger partial charge in [-0.3, -0.25) is 0 Å². The van der Waals surface area contributed by atoms with Gasteiger partial charge in [0, 0.05) is 24.7 Å². The second kappa shape index (κ2) is 4.81. The average Bonchev–Trinajstić information content (AvgIpc) is 2.34. The smallest absolute Gasteiger partial charge is 0.368 e. The second-order valence-corrected chi connectivity index (χ2v) is 3.77. The average molecular weight is 255 g/mol. The minimum Gasteiger partial charge on any atom is -0.368 e. The van der Waals surface area contributed by atoms with Gasteiger partial charge in [-0.2, -0.15) is 13.2 Å². The standard InChI is InChI=1S/C12H12F3N3/c13-12(14,15)10-3-1-2-9-8(10)4-6-17-11(9)18-7-5-16/h1-4,6H,5,7,16H2,(H,17,18). The number of halogens is 3. The third kappa shape index (κ3) is 2.38. The summed E-state index contributed by atoms with van der Waals surface area (Å²) < 4.78 is 38.5. The van der Waals surface area contributed by atoms with E-state index in [0.717, 1.165) is 6.07 Å². The molecular weight excluding hydrogens is 243 g/mol. The quantitative estimate of drug-likeness (QED) is 0.886. The summed E-state index contributed by atoms with van der Waals surface area (Å²) >= 11 is 0. The Hall–Kier alpha value is -1.82. The van der Waals surface area contributed by atoms with Crippen molar-refractivity contribution < 1.29 is 13.2 Å². The van der Waals surface area contributed by atoms with E-state index in [1.54, 1.807) is 6.07 Å². The molecule has 1 aromatic heterocycles. The number of nitrogens with zero attached hydrogens (tertiary/aromatic N) is 1. The van der Waals surface area contributed by atoms with Crippen molar-refractivity contribution in [2.45, 2.75) is 6.18 Å². The first-order valence-electron chi connectivity index (χ1n) is 5.43. The topological polar surface area (TPSA) is 50.9 Å². The molecule has 0 atom stereocenters. The van der Waals surface area contributed by atoms with Gasteiger partial charge in [0.15, 0.2) is 0 Å². The summed E-state index contributed by atoms with van der Waals surface area (Å²) in [4.78, 5) is 4.03. The van der Waals surface area contributed by atoms with E-state index in [9.17, 15) is 13.2 Å². The van der Waals surface area contributed by atoms with Gasteiger partial charge in [-0.1, -0.05) is 12.1 Å². The predicted octanol–water partition coefficient (Wildman–Crippen LogP) is 2.62. The first-order valence-corrected chi connectivity index (χ1v) is 5.43. The van der Waals surface area contributed by atoms with E-state index in [1.807, 2.05) is 0 Å². The second-order valence-electron chi connectivity index (χ2n) is 3.77. The predicted molar refractivity (Wildman–Crippen MR) is 64.3 cm³/mol. The molecule has 0 aliphatic heterocycles. The normalized spacial score (nSPS) is 11.8. The highest BCUT2D eigenvalue weighted by Gasteiger charge is 2.32. The number of hydrogen-bond donors (Lipinski definition) is 2. The Morgan fingerprint density at radius 1 is 1.17 bits per heavy atom. The van der Waals surface area contributed by atoms with Gasteiger partial charge in [-0.15, -0.1) is 0 Å². The lowest BCUT2D eigenvalue weighted by Crippen LogP contribution is -2.14. The molecule has 3 nitrogen and oxygen atoms in total. The molecule has 0 saturated heterocycles. The zero-order valence-corrected chi connectivity index (χ0v) is 9.46. The van der Waals surface area contributed by atoms with E-state index in [4.69, 9.17) is 5.73 Å². The van der Waals surface area contributed by atoms with Gasteiger partial charge in [0.2, 0.25) is 0 Å². The molecule has 0 bridgehead atoms. The van der Waals surface area contributed by atoms with Crippen LogP contribution in [0.5, 0.6) is 0 Å². The number of anilines is 1. The minimum absolute atomic E-state index is 0.138. The fraction of sp³-hybridized carbons (Fsp3) is 0.250. The number of nitrogens with one attached hydrogen (secondary N) is 1. The number of fused-ring (bicyclic) bond motifs is 1. The SMILES string of the molecule is NCCNc1nccc2c(C(F)(F)F)cccc12. The molecule has 3 N–H and O–H groups in total. The summed E-state index contributed by atoms with van der Waals surface area (Å²) in [6, 6.07) is 5.41. The Bertz CT molecular complexity index is 552. The van der Waals surface area contributed by atoms with Crippen LogP contribution in [-0.2, 0) is 6.18 Å². The fourth-order valence-corrected chi connectivity index (χ4v) is 1.79. The zero-order chi connectivity index (χ0) is 13.2. The number of rotatable bonds is 3. The lowest BCUT2D eigenvalue weighted by molar-refractivity contribution is -0.136. The van der Waals surface area contributed by atoms with Gasteiger partial charge in [0.25, 0.3) is 0 Å². The highest BCUT2D eigenvalue weighted by atomic mass is 19.4. The van der Waals surface area contributed by atoms with Crippen LogP contribution in [0.1, 0.15) is 5.56 Å².